The molecule has 2 nitrogen and oxygen atoms in total. The molecule has 3 aromatic rings. The lowest BCUT2D eigenvalue weighted by atomic mass is 9.83. The average Bonchev–Trinajstić information content (AvgIpc) is 2.88. The van der Waals surface area contributed by atoms with Crippen LogP contribution in [0.5, 0.6) is 5.75 Å². The van der Waals surface area contributed by atoms with Crippen LogP contribution in [0.3, 0.4) is 0 Å². The van der Waals surface area contributed by atoms with E-state index in [1.54, 1.807) is 13.0 Å². The molecule has 2 unspecified atom stereocenters. The summed E-state index contributed by atoms with van der Waals surface area (Å²) >= 11 is 0. The van der Waals surface area contributed by atoms with E-state index in [1.807, 2.05) is 6.08 Å². The fraction of sp³-hybridized carbons (Fsp3) is 0.333. The molecule has 7 heteroatoms. The quantitative estimate of drug-likeness (QED) is 0.305. The van der Waals surface area contributed by atoms with Crippen LogP contribution >= 0.6 is 0 Å². The molecule has 0 bridgehead atoms. The maximum absolute atomic E-state index is 14.8. The second-order valence-corrected chi connectivity index (χ2v) is 9.40. The maximum atomic E-state index is 14.8. The van der Waals surface area contributed by atoms with Gasteiger partial charge < -0.3 is 9.84 Å². The van der Waals surface area contributed by atoms with Crippen LogP contribution in [-0.4, -0.2) is 11.7 Å². The largest absolute Gasteiger partial charge is 0.491 e. The van der Waals surface area contributed by atoms with Crippen molar-refractivity contribution in [2.75, 3.05) is 6.61 Å². The van der Waals surface area contributed by atoms with Crippen LogP contribution in [0.25, 0.3) is 16.7 Å². The van der Waals surface area contributed by atoms with Crippen LogP contribution in [0.2, 0.25) is 0 Å². The van der Waals surface area contributed by atoms with E-state index in [-0.39, 0.29) is 34.6 Å². The third kappa shape index (κ3) is 5.72. The van der Waals surface area contributed by atoms with Crippen LogP contribution < -0.4 is 4.74 Å². The zero-order valence-electron chi connectivity index (χ0n) is 20.8. The van der Waals surface area contributed by atoms with Crippen molar-refractivity contribution in [3.05, 3.63) is 94.3 Å². The third-order valence-electron chi connectivity index (χ3n) is 6.94. The summed E-state index contributed by atoms with van der Waals surface area (Å²) in [5.41, 5.74) is 1.44. The molecule has 37 heavy (non-hydrogen) atoms. The molecule has 0 saturated carbocycles. The van der Waals surface area contributed by atoms with E-state index in [9.17, 15) is 27.1 Å². The molecular weight excluding hydrogens is 487 g/mol. The van der Waals surface area contributed by atoms with Crippen molar-refractivity contribution in [3.63, 3.8) is 0 Å². The Bertz CT molecular complexity index is 1320. The molecule has 1 aliphatic carbocycles. The monoisotopic (exact) mass is 516 g/mol. The lowest BCUT2D eigenvalue weighted by Gasteiger charge is -2.23. The van der Waals surface area contributed by atoms with Crippen molar-refractivity contribution in [2.45, 2.75) is 52.1 Å². The number of aliphatic hydroxyl groups is 1. The summed E-state index contributed by atoms with van der Waals surface area (Å²) in [4.78, 5) is 0. The fourth-order valence-corrected chi connectivity index (χ4v) is 4.84. The number of aryl methyl sites for hydroxylation is 1. The maximum Gasteiger partial charge on any atom is 0.201 e. The first kappa shape index (κ1) is 26.9. The fourth-order valence-electron chi connectivity index (χ4n) is 4.84. The Hall–Kier alpha value is -3.19. The summed E-state index contributed by atoms with van der Waals surface area (Å²) in [6.07, 6.45) is 4.25. The lowest BCUT2D eigenvalue weighted by molar-refractivity contribution is 0.192. The van der Waals surface area contributed by atoms with Crippen LogP contribution in [-0.2, 0) is 6.42 Å². The van der Waals surface area contributed by atoms with Crippen LogP contribution in [0.4, 0.5) is 22.0 Å². The molecule has 0 aromatic heterocycles. The predicted molar refractivity (Wildman–Crippen MR) is 134 cm³/mol. The summed E-state index contributed by atoms with van der Waals surface area (Å²) in [6.45, 7) is 3.23. The van der Waals surface area contributed by atoms with Gasteiger partial charge in [-0.25, -0.2) is 17.6 Å². The number of hydrogen-bond acceptors (Lipinski definition) is 2. The molecule has 1 N–H and O–H groups in total. The molecule has 0 aliphatic heterocycles. The van der Waals surface area contributed by atoms with Gasteiger partial charge in [-0.3, -0.25) is 0 Å². The molecule has 0 amide bonds. The number of hydrogen-bond donors (Lipinski definition) is 1. The number of allylic oxidation sites excluding steroid dienone is 2. The first-order valence-corrected chi connectivity index (χ1v) is 12.5. The summed E-state index contributed by atoms with van der Waals surface area (Å²) in [5, 5.41) is 9.58. The Morgan fingerprint density at radius 2 is 1.59 bits per heavy atom. The van der Waals surface area contributed by atoms with Gasteiger partial charge >= 0.3 is 0 Å². The third-order valence-corrected chi connectivity index (χ3v) is 6.94. The van der Waals surface area contributed by atoms with Crippen molar-refractivity contribution in [3.8, 4) is 16.9 Å². The Kier molecular flexibility index (Phi) is 8.32. The summed E-state index contributed by atoms with van der Waals surface area (Å²) in [6, 6.07) is 10.0. The van der Waals surface area contributed by atoms with Gasteiger partial charge in [0, 0.05) is 22.3 Å². The number of aliphatic hydroxyl groups excluding tert-OH is 1. The number of ether oxygens (including phenoxy) is 1. The van der Waals surface area contributed by atoms with E-state index in [2.05, 4.69) is 0 Å². The molecule has 0 fully saturated rings. The van der Waals surface area contributed by atoms with E-state index < -0.39 is 35.2 Å². The van der Waals surface area contributed by atoms with Gasteiger partial charge in [0.1, 0.15) is 5.82 Å². The van der Waals surface area contributed by atoms with Crippen molar-refractivity contribution in [1.29, 1.82) is 0 Å². The topological polar surface area (TPSA) is 29.5 Å². The minimum Gasteiger partial charge on any atom is -0.491 e. The van der Waals surface area contributed by atoms with Crippen molar-refractivity contribution in [2.24, 2.45) is 5.92 Å². The molecule has 0 saturated heterocycles. The Labute approximate surface area is 213 Å². The molecule has 0 spiro atoms. The summed E-state index contributed by atoms with van der Waals surface area (Å²) in [5.74, 6) is -4.81. The van der Waals surface area contributed by atoms with Crippen molar-refractivity contribution >= 4 is 5.57 Å². The zero-order chi connectivity index (χ0) is 26.7. The Balaban J connectivity index is 1.40. The van der Waals surface area contributed by atoms with E-state index >= 15 is 0 Å². The first-order chi connectivity index (χ1) is 17.7. The summed E-state index contributed by atoms with van der Waals surface area (Å²) in [7, 11) is 0. The molecule has 196 valence electrons. The van der Waals surface area contributed by atoms with Crippen LogP contribution in [0.1, 0.15) is 62.3 Å². The van der Waals surface area contributed by atoms with Gasteiger partial charge in [-0.05, 0) is 81.2 Å². The van der Waals surface area contributed by atoms with Gasteiger partial charge in [-0.1, -0.05) is 30.3 Å². The molecule has 2 atom stereocenters. The SMILES string of the molecule is CCOc1ccc(-c2ccc(CCC3CC=C(c4ccc(C(C)O)c(F)c4F)CC3)cc2F)c(F)c1F. The van der Waals surface area contributed by atoms with Gasteiger partial charge in [0.25, 0.3) is 0 Å². The van der Waals surface area contributed by atoms with Crippen LogP contribution in [0, 0.1) is 35.0 Å². The molecular formula is C30H29F5O2. The summed E-state index contributed by atoms with van der Waals surface area (Å²) < 4.78 is 77.5. The van der Waals surface area contributed by atoms with Crippen LogP contribution in [0.15, 0.2) is 48.5 Å². The van der Waals surface area contributed by atoms with E-state index in [1.165, 1.54) is 43.3 Å². The van der Waals surface area contributed by atoms with E-state index in [4.69, 9.17) is 4.74 Å². The van der Waals surface area contributed by atoms with Gasteiger partial charge in [0.15, 0.2) is 23.2 Å². The molecule has 1 aliphatic rings. The minimum absolute atomic E-state index is 0.0238. The van der Waals surface area contributed by atoms with Crippen molar-refractivity contribution < 1.29 is 31.8 Å². The van der Waals surface area contributed by atoms with Gasteiger partial charge in [0.2, 0.25) is 5.82 Å². The van der Waals surface area contributed by atoms with E-state index in [0.717, 1.165) is 24.0 Å². The van der Waals surface area contributed by atoms with Gasteiger partial charge in [-0.2, -0.15) is 4.39 Å². The Morgan fingerprint density at radius 1 is 0.892 bits per heavy atom. The zero-order valence-corrected chi connectivity index (χ0v) is 20.8. The normalized spacial score (nSPS) is 16.4. The molecule has 0 heterocycles. The number of rotatable bonds is 8. The number of halogens is 5. The molecule has 3 aromatic carbocycles. The highest BCUT2D eigenvalue weighted by atomic mass is 19.2. The minimum atomic E-state index is -1.15. The van der Waals surface area contributed by atoms with Crippen molar-refractivity contribution in [1.82, 2.24) is 0 Å². The second kappa shape index (κ2) is 11.5. The highest BCUT2D eigenvalue weighted by molar-refractivity contribution is 5.68. The Morgan fingerprint density at radius 3 is 2.24 bits per heavy atom. The van der Waals surface area contributed by atoms with Gasteiger partial charge in [-0.15, -0.1) is 0 Å². The average molecular weight is 517 g/mol. The number of benzene rings is 3. The van der Waals surface area contributed by atoms with E-state index in [0.29, 0.717) is 25.2 Å². The standard InChI is InChI=1S/C30H29F5O2/c1-3-37-26-15-14-24(29(34)30(26)35)23-11-8-19(16-25(23)31)5-4-18-6-9-20(10-7-18)22-13-12-21(17(2)36)27(32)28(22)33/h8-9,11-18,36H,3-7,10H2,1-2H3. The van der Waals surface area contributed by atoms with Gasteiger partial charge in [0.05, 0.1) is 12.7 Å². The molecule has 4 rings (SSSR count). The molecule has 0 radical (unpaired) electrons. The second-order valence-electron chi connectivity index (χ2n) is 9.40. The highest BCUT2D eigenvalue weighted by Gasteiger charge is 2.22. The highest BCUT2D eigenvalue weighted by Crippen LogP contribution is 2.36. The smallest absolute Gasteiger partial charge is 0.201 e. The first-order valence-electron chi connectivity index (χ1n) is 12.5. The predicted octanol–water partition coefficient (Wildman–Crippen LogP) is 8.32. The lowest BCUT2D eigenvalue weighted by Crippen LogP contribution is -2.09.